The van der Waals surface area contributed by atoms with Crippen LogP contribution in [0.2, 0.25) is 0 Å². The van der Waals surface area contributed by atoms with E-state index in [-0.39, 0.29) is 11.8 Å². The number of ether oxygens (including phenoxy) is 1. The molecule has 7 nitrogen and oxygen atoms in total. The van der Waals surface area contributed by atoms with E-state index in [1.165, 1.54) is 0 Å². The summed E-state index contributed by atoms with van der Waals surface area (Å²) in [7, 11) is 3.69. The Morgan fingerprint density at radius 2 is 1.79 bits per heavy atom. The van der Waals surface area contributed by atoms with Crippen molar-refractivity contribution in [2.45, 2.75) is 6.92 Å². The monoisotopic (exact) mass is 396 g/mol. The van der Waals surface area contributed by atoms with Gasteiger partial charge in [0.15, 0.2) is 0 Å². The van der Waals surface area contributed by atoms with Gasteiger partial charge >= 0.3 is 0 Å². The molecule has 0 radical (unpaired) electrons. The van der Waals surface area contributed by atoms with E-state index in [4.69, 9.17) is 4.74 Å². The molecule has 1 aliphatic heterocycles. The van der Waals surface area contributed by atoms with Crippen LogP contribution in [0.4, 0.5) is 17.1 Å². The molecule has 7 heteroatoms. The largest absolute Gasteiger partial charge is 0.378 e. The number of carbonyl (C=O) groups excluding carboxylic acids is 2. The number of nitrogens with zero attached hydrogens (tertiary/aromatic N) is 2. The van der Waals surface area contributed by atoms with E-state index in [0.717, 1.165) is 30.0 Å². The third kappa shape index (κ3) is 5.56. The molecule has 0 aromatic heterocycles. The zero-order valence-corrected chi connectivity index (χ0v) is 17.2. The molecule has 2 aromatic carbocycles. The molecular formula is C22H28N4O3. The van der Waals surface area contributed by atoms with Gasteiger partial charge in [-0.3, -0.25) is 9.59 Å². The molecule has 0 bridgehead atoms. The Hall–Kier alpha value is -2.90. The lowest BCUT2D eigenvalue weighted by Crippen LogP contribution is -2.37. The molecule has 1 heterocycles. The van der Waals surface area contributed by atoms with Crippen LogP contribution in [0.5, 0.6) is 0 Å². The maximum atomic E-state index is 12.9. The van der Waals surface area contributed by atoms with Gasteiger partial charge in [-0.1, -0.05) is 12.1 Å². The van der Waals surface area contributed by atoms with E-state index in [1.807, 2.05) is 62.3 Å². The maximum absolute atomic E-state index is 12.9. The summed E-state index contributed by atoms with van der Waals surface area (Å²) in [6.07, 6.45) is 0. The number of anilines is 3. The van der Waals surface area contributed by atoms with Gasteiger partial charge in [-0.25, -0.2) is 0 Å². The van der Waals surface area contributed by atoms with Crippen LogP contribution >= 0.6 is 0 Å². The lowest BCUT2D eigenvalue weighted by Gasteiger charge is -2.30. The molecule has 2 N–H and O–H groups in total. The standard InChI is InChI=1S/C22H28N4O3/c1-16-14-17(8-9-19(16)24-21(27)15-25(2)3)23-22(28)18-6-4-5-7-20(18)26-10-12-29-13-11-26/h4-9,14H,10-13,15H2,1-3H3,(H,23,28)(H,24,27). The smallest absolute Gasteiger partial charge is 0.257 e. The van der Waals surface area contributed by atoms with Gasteiger partial charge in [-0.15, -0.1) is 0 Å². The van der Waals surface area contributed by atoms with Crippen molar-refractivity contribution < 1.29 is 14.3 Å². The first-order valence-corrected chi connectivity index (χ1v) is 9.72. The van der Waals surface area contributed by atoms with E-state index in [1.54, 1.807) is 6.07 Å². The number of hydrogen-bond donors (Lipinski definition) is 2. The highest BCUT2D eigenvalue weighted by atomic mass is 16.5. The van der Waals surface area contributed by atoms with Gasteiger partial charge in [0.25, 0.3) is 5.91 Å². The first-order valence-electron chi connectivity index (χ1n) is 9.72. The first kappa shape index (κ1) is 20.8. The van der Waals surface area contributed by atoms with Gasteiger partial charge < -0.3 is 25.2 Å². The SMILES string of the molecule is Cc1cc(NC(=O)c2ccccc2N2CCOCC2)ccc1NC(=O)CN(C)C. The Labute approximate surface area is 171 Å². The molecule has 1 aliphatic rings. The number of aryl methyl sites for hydroxylation is 1. The van der Waals surface area contributed by atoms with E-state index < -0.39 is 0 Å². The predicted molar refractivity (Wildman–Crippen MR) is 116 cm³/mol. The van der Waals surface area contributed by atoms with Crippen molar-refractivity contribution in [1.29, 1.82) is 0 Å². The van der Waals surface area contributed by atoms with Crippen LogP contribution in [0.1, 0.15) is 15.9 Å². The fourth-order valence-electron chi connectivity index (χ4n) is 3.30. The number of likely N-dealkylation sites (N-methyl/N-ethyl adjacent to an activating group) is 1. The number of amides is 2. The Morgan fingerprint density at radius 1 is 1.07 bits per heavy atom. The zero-order chi connectivity index (χ0) is 20.8. The van der Waals surface area contributed by atoms with Gasteiger partial charge in [-0.2, -0.15) is 0 Å². The minimum Gasteiger partial charge on any atom is -0.378 e. The molecule has 0 unspecified atom stereocenters. The molecule has 1 saturated heterocycles. The average Bonchev–Trinajstić information content (AvgIpc) is 2.70. The van der Waals surface area contributed by atoms with E-state index in [0.29, 0.717) is 31.0 Å². The fraction of sp³-hybridized carbons (Fsp3) is 0.364. The summed E-state index contributed by atoms with van der Waals surface area (Å²) in [4.78, 5) is 28.9. The Bertz CT molecular complexity index is 876. The van der Waals surface area contributed by atoms with Crippen molar-refractivity contribution in [2.24, 2.45) is 0 Å². The van der Waals surface area contributed by atoms with Crippen molar-refractivity contribution in [3.8, 4) is 0 Å². The van der Waals surface area contributed by atoms with Crippen molar-refractivity contribution in [1.82, 2.24) is 4.90 Å². The minimum absolute atomic E-state index is 0.0747. The van der Waals surface area contributed by atoms with Gasteiger partial charge in [0, 0.05) is 30.2 Å². The maximum Gasteiger partial charge on any atom is 0.257 e. The van der Waals surface area contributed by atoms with Crippen LogP contribution in [-0.2, 0) is 9.53 Å². The molecule has 29 heavy (non-hydrogen) atoms. The molecule has 0 spiro atoms. The number of morpholine rings is 1. The van der Waals surface area contributed by atoms with Crippen molar-refractivity contribution >= 4 is 28.9 Å². The van der Waals surface area contributed by atoms with E-state index in [2.05, 4.69) is 15.5 Å². The normalized spacial score (nSPS) is 14.0. The number of hydrogen-bond acceptors (Lipinski definition) is 5. The second-order valence-corrected chi connectivity index (χ2v) is 7.39. The van der Waals surface area contributed by atoms with Gasteiger partial charge in [0.1, 0.15) is 0 Å². The summed E-state index contributed by atoms with van der Waals surface area (Å²) in [5.74, 6) is -0.231. The van der Waals surface area contributed by atoms with Crippen LogP contribution in [0.3, 0.4) is 0 Å². The summed E-state index contributed by atoms with van der Waals surface area (Å²) in [6.45, 7) is 5.08. The Kier molecular flexibility index (Phi) is 6.85. The number of carbonyl (C=O) groups is 2. The number of para-hydroxylation sites is 1. The Balaban J connectivity index is 1.71. The summed E-state index contributed by atoms with van der Waals surface area (Å²) in [6, 6.07) is 13.1. The van der Waals surface area contributed by atoms with Crippen LogP contribution in [0.25, 0.3) is 0 Å². The van der Waals surface area contributed by atoms with Crippen molar-refractivity contribution in [3.63, 3.8) is 0 Å². The van der Waals surface area contributed by atoms with E-state index >= 15 is 0 Å². The van der Waals surface area contributed by atoms with Crippen LogP contribution < -0.4 is 15.5 Å². The fourth-order valence-corrected chi connectivity index (χ4v) is 3.30. The highest BCUT2D eigenvalue weighted by Gasteiger charge is 2.18. The van der Waals surface area contributed by atoms with Crippen LogP contribution in [0.15, 0.2) is 42.5 Å². The highest BCUT2D eigenvalue weighted by Crippen LogP contribution is 2.24. The topological polar surface area (TPSA) is 73.9 Å². The van der Waals surface area contributed by atoms with E-state index in [9.17, 15) is 9.59 Å². The predicted octanol–water partition coefficient (Wildman–Crippen LogP) is 2.58. The van der Waals surface area contributed by atoms with Gasteiger partial charge in [0.05, 0.1) is 25.3 Å². The molecular weight excluding hydrogens is 368 g/mol. The third-order valence-corrected chi connectivity index (χ3v) is 4.72. The molecule has 1 fully saturated rings. The van der Waals surface area contributed by atoms with Gasteiger partial charge in [-0.05, 0) is 56.9 Å². The van der Waals surface area contributed by atoms with Gasteiger partial charge in [0.2, 0.25) is 5.91 Å². The summed E-state index contributed by atoms with van der Waals surface area (Å²) in [5, 5.41) is 5.87. The number of nitrogens with one attached hydrogen (secondary N) is 2. The van der Waals surface area contributed by atoms with Crippen LogP contribution in [-0.4, -0.2) is 63.7 Å². The van der Waals surface area contributed by atoms with Crippen molar-refractivity contribution in [2.75, 3.05) is 62.5 Å². The molecule has 2 aromatic rings. The lowest BCUT2D eigenvalue weighted by molar-refractivity contribution is -0.116. The Morgan fingerprint density at radius 3 is 2.48 bits per heavy atom. The molecule has 3 rings (SSSR count). The summed E-state index contributed by atoms with van der Waals surface area (Å²) < 4.78 is 5.42. The van der Waals surface area contributed by atoms with Crippen molar-refractivity contribution in [3.05, 3.63) is 53.6 Å². The quantitative estimate of drug-likeness (QED) is 0.785. The molecule has 0 atom stereocenters. The molecule has 2 amide bonds. The second kappa shape index (κ2) is 9.54. The average molecular weight is 396 g/mol. The number of rotatable bonds is 6. The molecule has 0 aliphatic carbocycles. The third-order valence-electron chi connectivity index (χ3n) is 4.72. The molecule has 154 valence electrons. The minimum atomic E-state index is -0.157. The zero-order valence-electron chi connectivity index (χ0n) is 17.2. The second-order valence-electron chi connectivity index (χ2n) is 7.39. The first-order chi connectivity index (χ1) is 13.9. The highest BCUT2D eigenvalue weighted by molar-refractivity contribution is 6.08. The summed E-state index contributed by atoms with van der Waals surface area (Å²) in [5.41, 5.74) is 3.86. The lowest BCUT2D eigenvalue weighted by atomic mass is 10.1. The van der Waals surface area contributed by atoms with Crippen LogP contribution in [0, 0.1) is 6.92 Å². The number of benzene rings is 2. The summed E-state index contributed by atoms with van der Waals surface area (Å²) >= 11 is 0. The molecule has 0 saturated carbocycles.